The number of halogens is 3. The first-order valence-corrected chi connectivity index (χ1v) is 11.9. The van der Waals surface area contributed by atoms with E-state index in [2.05, 4.69) is 10.4 Å². The number of aromatic nitrogens is 2. The molecule has 3 amide bonds. The molecular formula is C27H19Cl2FN4O3. The third-order valence-corrected chi connectivity index (χ3v) is 6.51. The first-order chi connectivity index (χ1) is 17.7. The van der Waals surface area contributed by atoms with Gasteiger partial charge in [-0.05, 0) is 60.5 Å². The fraction of sp³-hybridized carbons (Fsp3) is 0.0741. The van der Waals surface area contributed by atoms with Gasteiger partial charge in [0.05, 0.1) is 28.5 Å². The molecule has 1 saturated heterocycles. The second kappa shape index (κ2) is 9.72. The molecule has 5 rings (SSSR count). The van der Waals surface area contributed by atoms with Crippen LogP contribution >= 0.6 is 23.2 Å². The number of hydrogen-bond acceptors (Lipinski definition) is 3. The van der Waals surface area contributed by atoms with E-state index >= 15 is 0 Å². The number of nitrogens with zero attached hydrogens (tertiary/aromatic N) is 2. The molecule has 0 aliphatic carbocycles. The summed E-state index contributed by atoms with van der Waals surface area (Å²) in [6.07, 6.45) is 1.32. The van der Waals surface area contributed by atoms with E-state index in [9.17, 15) is 18.8 Å². The molecule has 2 heterocycles. The third kappa shape index (κ3) is 4.69. The highest BCUT2D eigenvalue weighted by atomic mass is 35.5. The summed E-state index contributed by atoms with van der Waals surface area (Å²) in [7, 11) is 0. The number of rotatable bonds is 5. The minimum Gasteiger partial charge on any atom is -0.303 e. The first kappa shape index (κ1) is 24.5. The van der Waals surface area contributed by atoms with Gasteiger partial charge in [-0.25, -0.2) is 13.9 Å². The van der Waals surface area contributed by atoms with Gasteiger partial charge >= 0.3 is 6.03 Å². The molecule has 0 saturated carbocycles. The SMILES string of the molecule is Cc1ccccc1-n1[nH]c(-c2ccc(Cl)cc2Cl)c(/C=C2\NC(=O)N(Cc3cccc(F)c3)C2=O)c1=O. The number of aromatic amines is 1. The van der Waals surface area contributed by atoms with E-state index in [1.807, 2.05) is 19.1 Å². The summed E-state index contributed by atoms with van der Waals surface area (Å²) in [5, 5.41) is 6.32. The molecule has 0 bridgehead atoms. The van der Waals surface area contributed by atoms with Gasteiger partial charge in [0.25, 0.3) is 11.5 Å². The number of H-pyrrole nitrogens is 1. The van der Waals surface area contributed by atoms with Crippen molar-refractivity contribution in [1.82, 2.24) is 20.0 Å². The number of carbonyl (C=O) groups is 2. The number of para-hydroxylation sites is 1. The lowest BCUT2D eigenvalue weighted by atomic mass is 10.1. The fourth-order valence-corrected chi connectivity index (χ4v) is 4.65. The van der Waals surface area contributed by atoms with Gasteiger partial charge in [0.15, 0.2) is 0 Å². The Morgan fingerprint density at radius 3 is 2.49 bits per heavy atom. The van der Waals surface area contributed by atoms with E-state index in [1.165, 1.54) is 29.0 Å². The number of imide groups is 1. The molecule has 10 heteroatoms. The number of aryl methyl sites for hydroxylation is 1. The van der Waals surface area contributed by atoms with Crippen molar-refractivity contribution in [2.24, 2.45) is 0 Å². The number of urea groups is 1. The predicted octanol–water partition coefficient (Wildman–Crippen LogP) is 5.68. The van der Waals surface area contributed by atoms with Gasteiger partial charge in [0.2, 0.25) is 0 Å². The monoisotopic (exact) mass is 536 g/mol. The Balaban J connectivity index is 1.62. The van der Waals surface area contributed by atoms with Crippen LogP contribution in [0.5, 0.6) is 0 Å². The largest absolute Gasteiger partial charge is 0.329 e. The highest BCUT2D eigenvalue weighted by molar-refractivity contribution is 6.36. The zero-order chi connectivity index (χ0) is 26.3. The lowest BCUT2D eigenvalue weighted by Gasteiger charge is -2.11. The van der Waals surface area contributed by atoms with Crippen molar-refractivity contribution in [3.8, 4) is 16.9 Å². The zero-order valence-electron chi connectivity index (χ0n) is 19.4. The Hall–Kier alpha value is -4.14. The van der Waals surface area contributed by atoms with E-state index in [1.54, 1.807) is 36.4 Å². The number of carbonyl (C=O) groups excluding carboxylic acids is 2. The molecule has 3 aromatic carbocycles. The van der Waals surface area contributed by atoms with Gasteiger partial charge in [-0.2, -0.15) is 0 Å². The van der Waals surface area contributed by atoms with E-state index < -0.39 is 23.3 Å². The number of hydrogen-bond donors (Lipinski definition) is 2. The van der Waals surface area contributed by atoms with Crippen LogP contribution in [0.15, 0.2) is 77.2 Å². The van der Waals surface area contributed by atoms with Crippen LogP contribution in [0.25, 0.3) is 23.0 Å². The van der Waals surface area contributed by atoms with Crippen LogP contribution in [-0.2, 0) is 11.3 Å². The van der Waals surface area contributed by atoms with E-state index in [4.69, 9.17) is 23.2 Å². The topological polar surface area (TPSA) is 87.2 Å². The summed E-state index contributed by atoms with van der Waals surface area (Å²) in [4.78, 5) is 40.3. The summed E-state index contributed by atoms with van der Waals surface area (Å²) in [5.41, 5.74) is 2.28. The Morgan fingerprint density at radius 2 is 1.76 bits per heavy atom. The highest BCUT2D eigenvalue weighted by Crippen LogP contribution is 2.32. The minimum absolute atomic E-state index is 0.0965. The summed E-state index contributed by atoms with van der Waals surface area (Å²) in [6, 6.07) is 17.1. The molecule has 186 valence electrons. The van der Waals surface area contributed by atoms with Crippen molar-refractivity contribution in [2.75, 3.05) is 0 Å². The first-order valence-electron chi connectivity index (χ1n) is 11.2. The van der Waals surface area contributed by atoms with Crippen LogP contribution in [0.2, 0.25) is 10.0 Å². The molecule has 37 heavy (non-hydrogen) atoms. The number of benzene rings is 3. The Labute approximate surface area is 220 Å². The lowest BCUT2D eigenvalue weighted by molar-refractivity contribution is -0.123. The quantitative estimate of drug-likeness (QED) is 0.254. The van der Waals surface area contributed by atoms with Gasteiger partial charge in [0, 0.05) is 10.6 Å². The highest BCUT2D eigenvalue weighted by Gasteiger charge is 2.34. The van der Waals surface area contributed by atoms with Crippen molar-refractivity contribution in [2.45, 2.75) is 13.5 Å². The van der Waals surface area contributed by atoms with Gasteiger partial charge in [-0.1, -0.05) is 53.5 Å². The molecule has 0 spiro atoms. The summed E-state index contributed by atoms with van der Waals surface area (Å²) >= 11 is 12.5. The smallest absolute Gasteiger partial charge is 0.303 e. The van der Waals surface area contributed by atoms with E-state index in [-0.39, 0.29) is 17.8 Å². The van der Waals surface area contributed by atoms with E-state index in [0.29, 0.717) is 32.6 Å². The third-order valence-electron chi connectivity index (χ3n) is 5.96. The maximum Gasteiger partial charge on any atom is 0.329 e. The van der Waals surface area contributed by atoms with E-state index in [0.717, 1.165) is 10.5 Å². The second-order valence-electron chi connectivity index (χ2n) is 8.46. The normalized spacial score (nSPS) is 14.5. The van der Waals surface area contributed by atoms with Crippen molar-refractivity contribution < 1.29 is 14.0 Å². The average Bonchev–Trinajstić information content (AvgIpc) is 3.30. The second-order valence-corrected chi connectivity index (χ2v) is 9.30. The average molecular weight is 537 g/mol. The van der Waals surface area contributed by atoms with Crippen LogP contribution in [0.4, 0.5) is 9.18 Å². The summed E-state index contributed by atoms with van der Waals surface area (Å²) < 4.78 is 15.0. The summed E-state index contributed by atoms with van der Waals surface area (Å²) in [5.74, 6) is -1.13. The Morgan fingerprint density at radius 1 is 0.973 bits per heavy atom. The standard InChI is InChI=1S/C27H19Cl2FN4O3/c1-15-5-2-3-8-23(15)34-25(35)20(24(32-34)19-10-9-17(28)12-21(19)29)13-22-26(36)33(27(37)31-22)14-16-6-4-7-18(30)11-16/h2-13,32H,14H2,1H3,(H,31,37)/b22-13-. The van der Waals surface area contributed by atoms with Gasteiger partial charge in [-0.3, -0.25) is 19.6 Å². The van der Waals surface area contributed by atoms with Crippen LogP contribution in [-0.4, -0.2) is 26.6 Å². The molecule has 7 nitrogen and oxygen atoms in total. The lowest BCUT2D eigenvalue weighted by Crippen LogP contribution is -2.30. The molecule has 0 radical (unpaired) electrons. The molecule has 1 aromatic heterocycles. The van der Waals surface area contributed by atoms with Crippen LogP contribution in [0.1, 0.15) is 16.7 Å². The van der Waals surface area contributed by atoms with Crippen LogP contribution in [0, 0.1) is 12.7 Å². The molecule has 0 unspecified atom stereocenters. The molecule has 2 N–H and O–H groups in total. The maximum atomic E-state index is 13.6. The van der Waals surface area contributed by atoms with Crippen LogP contribution in [0.3, 0.4) is 0 Å². The van der Waals surface area contributed by atoms with Crippen LogP contribution < -0.4 is 10.9 Å². The Bertz CT molecular complexity index is 1660. The molecule has 4 aromatic rings. The molecule has 1 fully saturated rings. The minimum atomic E-state index is -0.679. The van der Waals surface area contributed by atoms with Crippen molar-refractivity contribution in [3.05, 3.63) is 115 Å². The molecular weight excluding hydrogens is 518 g/mol. The van der Waals surface area contributed by atoms with Gasteiger partial charge in [-0.15, -0.1) is 0 Å². The van der Waals surface area contributed by atoms with Crippen molar-refractivity contribution >= 4 is 41.2 Å². The number of nitrogens with one attached hydrogen (secondary N) is 2. The fourth-order valence-electron chi connectivity index (χ4n) is 4.14. The summed E-state index contributed by atoms with van der Waals surface area (Å²) in [6.45, 7) is 1.73. The molecule has 0 atom stereocenters. The number of amides is 3. The Kier molecular flexibility index (Phi) is 6.45. The van der Waals surface area contributed by atoms with Gasteiger partial charge in [0.1, 0.15) is 11.5 Å². The van der Waals surface area contributed by atoms with Gasteiger partial charge < -0.3 is 5.32 Å². The maximum absolute atomic E-state index is 13.6. The van der Waals surface area contributed by atoms with Crippen molar-refractivity contribution in [3.63, 3.8) is 0 Å². The zero-order valence-corrected chi connectivity index (χ0v) is 20.9. The molecule has 1 aliphatic rings. The molecule has 1 aliphatic heterocycles. The van der Waals surface area contributed by atoms with Crippen molar-refractivity contribution in [1.29, 1.82) is 0 Å². The predicted molar refractivity (Wildman–Crippen MR) is 140 cm³/mol.